The molecule has 0 bridgehead atoms. The number of anilines is 2. The zero-order valence-electron chi connectivity index (χ0n) is 26.7. The average molecular weight is 576 g/mol. The number of hydrogen-bond acceptors (Lipinski definition) is 6. The van der Waals surface area contributed by atoms with Crippen molar-refractivity contribution in [3.05, 3.63) is 53.6 Å². The van der Waals surface area contributed by atoms with Crippen LogP contribution in [0, 0.1) is 11.8 Å². The monoisotopic (exact) mass is 575 g/mol. The molecular weight excluding hydrogens is 522 g/mol. The zero-order valence-corrected chi connectivity index (χ0v) is 26.7. The van der Waals surface area contributed by atoms with Crippen LogP contribution in [0.5, 0.6) is 0 Å². The molecule has 1 aliphatic rings. The van der Waals surface area contributed by atoms with E-state index in [2.05, 4.69) is 65.6 Å². The number of esters is 1. The summed E-state index contributed by atoms with van der Waals surface area (Å²) < 4.78 is 7.22. The molecule has 7 nitrogen and oxygen atoms in total. The highest BCUT2D eigenvalue weighted by Crippen LogP contribution is 2.26. The number of rotatable bonds is 14. The molecule has 4 rings (SSSR count). The number of imidazole rings is 1. The van der Waals surface area contributed by atoms with E-state index in [1.54, 1.807) is 12.1 Å². The first kappa shape index (κ1) is 32.0. The lowest BCUT2D eigenvalue weighted by Crippen LogP contribution is -2.30. The lowest BCUT2D eigenvalue weighted by Gasteiger charge is -2.26. The van der Waals surface area contributed by atoms with E-state index in [1.165, 1.54) is 76.3 Å². The second-order valence-corrected chi connectivity index (χ2v) is 12.9. The Morgan fingerprint density at radius 1 is 0.905 bits per heavy atom. The maximum absolute atomic E-state index is 11.9. The van der Waals surface area contributed by atoms with Crippen LogP contribution in [0.1, 0.15) is 88.6 Å². The van der Waals surface area contributed by atoms with E-state index >= 15 is 0 Å². The third-order valence-corrected chi connectivity index (χ3v) is 8.08. The van der Waals surface area contributed by atoms with Gasteiger partial charge in [0.05, 0.1) is 23.7 Å². The second kappa shape index (κ2) is 16.1. The molecule has 0 unspecified atom stereocenters. The van der Waals surface area contributed by atoms with Gasteiger partial charge in [-0.25, -0.2) is 9.78 Å². The first-order valence-electron chi connectivity index (χ1n) is 16.2. The molecule has 0 spiro atoms. The van der Waals surface area contributed by atoms with Crippen molar-refractivity contribution in [2.24, 2.45) is 11.8 Å². The van der Waals surface area contributed by atoms with Crippen LogP contribution in [0.4, 0.5) is 11.6 Å². The van der Waals surface area contributed by atoms with Gasteiger partial charge >= 0.3 is 5.97 Å². The Balaban J connectivity index is 1.54. The smallest absolute Gasteiger partial charge is 0.337 e. The van der Waals surface area contributed by atoms with Gasteiger partial charge < -0.3 is 19.5 Å². The highest BCUT2D eigenvalue weighted by atomic mass is 16.5. The molecule has 0 saturated carbocycles. The Hall–Kier alpha value is -2.90. The van der Waals surface area contributed by atoms with Gasteiger partial charge in [0, 0.05) is 31.9 Å². The minimum Gasteiger partial charge on any atom is -0.465 e. The second-order valence-electron chi connectivity index (χ2n) is 12.9. The molecule has 0 atom stereocenters. The topological polar surface area (TPSA) is 62.6 Å². The standard InChI is InChI=1S/C35H53N5O2/c1-27(2)24-39(25-28(3)4)26-29-13-18-32-33(23-29)40(22-12-11-21-38-19-9-7-6-8-10-20-38)35(37-32)36-31-16-14-30(15-17-31)34(41)42-5/h13-18,23,27-28H,6-12,19-22,24-26H2,1-5H3,(H,36,37). The summed E-state index contributed by atoms with van der Waals surface area (Å²) in [7, 11) is 1.41. The summed E-state index contributed by atoms with van der Waals surface area (Å²) in [6.45, 7) is 16.9. The predicted octanol–water partition coefficient (Wildman–Crippen LogP) is 7.73. The lowest BCUT2D eigenvalue weighted by molar-refractivity contribution is 0.0600. The third-order valence-electron chi connectivity index (χ3n) is 8.08. The fourth-order valence-electron chi connectivity index (χ4n) is 6.16. The molecule has 1 aliphatic heterocycles. The number of aryl methyl sites for hydroxylation is 1. The number of likely N-dealkylation sites (tertiary alicyclic amines) is 1. The average Bonchev–Trinajstić information content (AvgIpc) is 3.27. The molecule has 0 aliphatic carbocycles. The van der Waals surface area contributed by atoms with Gasteiger partial charge in [-0.05, 0) is 99.1 Å². The Morgan fingerprint density at radius 3 is 2.19 bits per heavy atom. The van der Waals surface area contributed by atoms with Crippen molar-refractivity contribution in [1.29, 1.82) is 0 Å². The van der Waals surface area contributed by atoms with Gasteiger partial charge in [-0.3, -0.25) is 4.90 Å². The van der Waals surface area contributed by atoms with Crippen LogP contribution in [0.25, 0.3) is 11.0 Å². The van der Waals surface area contributed by atoms with Crippen LogP contribution in [0.15, 0.2) is 42.5 Å². The highest BCUT2D eigenvalue weighted by Gasteiger charge is 2.16. The summed E-state index contributed by atoms with van der Waals surface area (Å²) in [6, 6.07) is 14.2. The first-order chi connectivity index (χ1) is 20.3. The van der Waals surface area contributed by atoms with Crippen molar-refractivity contribution in [3.8, 4) is 0 Å². The summed E-state index contributed by atoms with van der Waals surface area (Å²) in [5.74, 6) is 1.78. The molecule has 3 aromatic rings. The van der Waals surface area contributed by atoms with Crippen LogP contribution < -0.4 is 5.32 Å². The number of nitrogens with zero attached hydrogens (tertiary/aromatic N) is 4. The molecule has 0 amide bonds. The van der Waals surface area contributed by atoms with Crippen molar-refractivity contribution < 1.29 is 9.53 Å². The molecule has 0 radical (unpaired) electrons. The minimum atomic E-state index is -0.328. The summed E-state index contributed by atoms with van der Waals surface area (Å²) in [5, 5.41) is 3.54. The van der Waals surface area contributed by atoms with Gasteiger partial charge in [0.2, 0.25) is 5.95 Å². The molecule has 42 heavy (non-hydrogen) atoms. The van der Waals surface area contributed by atoms with Crippen molar-refractivity contribution in [2.45, 2.75) is 85.7 Å². The summed E-state index contributed by atoms with van der Waals surface area (Å²) >= 11 is 0. The number of aromatic nitrogens is 2. The number of nitrogens with one attached hydrogen (secondary N) is 1. The van der Waals surface area contributed by atoms with Crippen molar-refractivity contribution >= 4 is 28.6 Å². The molecule has 1 fully saturated rings. The molecule has 7 heteroatoms. The predicted molar refractivity (Wildman–Crippen MR) is 175 cm³/mol. The van der Waals surface area contributed by atoms with Gasteiger partial charge in [0.1, 0.15) is 0 Å². The molecule has 1 N–H and O–H groups in total. The van der Waals surface area contributed by atoms with Gasteiger partial charge in [-0.15, -0.1) is 0 Å². The Labute approximate surface area is 253 Å². The van der Waals surface area contributed by atoms with E-state index in [1.807, 2.05) is 12.1 Å². The highest BCUT2D eigenvalue weighted by molar-refractivity contribution is 5.89. The molecule has 2 aromatic carbocycles. The van der Waals surface area contributed by atoms with E-state index in [0.29, 0.717) is 17.4 Å². The summed E-state index contributed by atoms with van der Waals surface area (Å²) in [5.41, 5.74) is 4.97. The number of benzene rings is 2. The normalized spacial score (nSPS) is 15.0. The Bertz CT molecular complexity index is 1230. The number of hydrogen-bond donors (Lipinski definition) is 1. The number of carbonyl (C=O) groups is 1. The maximum atomic E-state index is 11.9. The van der Waals surface area contributed by atoms with Crippen LogP contribution in [-0.4, -0.2) is 65.2 Å². The van der Waals surface area contributed by atoms with E-state index in [0.717, 1.165) is 49.8 Å². The number of unbranched alkanes of at least 4 members (excludes halogenated alkanes) is 1. The zero-order chi connectivity index (χ0) is 29.9. The lowest BCUT2D eigenvalue weighted by atomic mass is 10.1. The van der Waals surface area contributed by atoms with Crippen molar-refractivity contribution in [1.82, 2.24) is 19.4 Å². The Morgan fingerprint density at radius 2 is 1.55 bits per heavy atom. The van der Waals surface area contributed by atoms with Crippen LogP contribution in [-0.2, 0) is 17.8 Å². The Kier molecular flexibility index (Phi) is 12.3. The maximum Gasteiger partial charge on any atom is 0.337 e. The van der Waals surface area contributed by atoms with Gasteiger partial charge in [-0.2, -0.15) is 0 Å². The molecular formula is C35H53N5O2. The van der Waals surface area contributed by atoms with Gasteiger partial charge in [0.15, 0.2) is 0 Å². The van der Waals surface area contributed by atoms with Crippen LogP contribution in [0.3, 0.4) is 0 Å². The number of fused-ring (bicyclic) bond motifs is 1. The number of ether oxygens (including phenoxy) is 1. The van der Waals surface area contributed by atoms with Crippen molar-refractivity contribution in [2.75, 3.05) is 45.2 Å². The van der Waals surface area contributed by atoms with E-state index in [4.69, 9.17) is 9.72 Å². The van der Waals surface area contributed by atoms with Gasteiger partial charge in [-0.1, -0.05) is 53.0 Å². The van der Waals surface area contributed by atoms with E-state index in [-0.39, 0.29) is 5.97 Å². The van der Waals surface area contributed by atoms with E-state index in [9.17, 15) is 4.79 Å². The van der Waals surface area contributed by atoms with Crippen LogP contribution in [0.2, 0.25) is 0 Å². The molecule has 230 valence electrons. The SMILES string of the molecule is COC(=O)c1ccc(Nc2nc3ccc(CN(CC(C)C)CC(C)C)cc3n2CCCCN2CCCCCCC2)cc1. The molecule has 1 aromatic heterocycles. The fraction of sp³-hybridized carbons (Fsp3) is 0.600. The summed E-state index contributed by atoms with van der Waals surface area (Å²) in [6.07, 6.45) is 9.11. The van der Waals surface area contributed by atoms with Gasteiger partial charge in [0.25, 0.3) is 0 Å². The third kappa shape index (κ3) is 9.56. The number of carbonyl (C=O) groups excluding carboxylic acids is 1. The fourth-order valence-corrected chi connectivity index (χ4v) is 6.16. The largest absolute Gasteiger partial charge is 0.465 e. The number of methoxy groups -OCH3 is 1. The quantitative estimate of drug-likeness (QED) is 0.157. The van der Waals surface area contributed by atoms with Crippen LogP contribution >= 0.6 is 0 Å². The summed E-state index contributed by atoms with van der Waals surface area (Å²) in [4.78, 5) is 22.2. The molecule has 1 saturated heterocycles. The van der Waals surface area contributed by atoms with E-state index < -0.39 is 0 Å². The first-order valence-corrected chi connectivity index (χ1v) is 16.2. The van der Waals surface area contributed by atoms with Crippen molar-refractivity contribution in [3.63, 3.8) is 0 Å². The minimum absolute atomic E-state index is 0.328. The molecule has 2 heterocycles.